The summed E-state index contributed by atoms with van der Waals surface area (Å²) in [5.74, 6) is 1.02. The summed E-state index contributed by atoms with van der Waals surface area (Å²) in [5, 5.41) is 2.77. The summed E-state index contributed by atoms with van der Waals surface area (Å²) in [5.41, 5.74) is 1.33. The van der Waals surface area contributed by atoms with Gasteiger partial charge in [-0.3, -0.25) is 4.79 Å². The third kappa shape index (κ3) is 6.76. The molecular formula is C21H24BrF2NO5. The highest BCUT2D eigenvalue weighted by Gasteiger charge is 2.15. The Balaban J connectivity index is 2.06. The lowest BCUT2D eigenvalue weighted by Crippen LogP contribution is -2.24. The molecule has 2 aromatic rings. The molecule has 0 radical (unpaired) electrons. The summed E-state index contributed by atoms with van der Waals surface area (Å²) < 4.78 is 46.5. The first-order valence-electron chi connectivity index (χ1n) is 9.34. The monoisotopic (exact) mass is 487 g/mol. The van der Waals surface area contributed by atoms with Crippen LogP contribution < -0.4 is 24.3 Å². The average molecular weight is 488 g/mol. The van der Waals surface area contributed by atoms with Crippen molar-refractivity contribution >= 4 is 21.8 Å². The van der Waals surface area contributed by atoms with Crippen LogP contribution in [0.25, 0.3) is 0 Å². The minimum absolute atomic E-state index is 0.0881. The van der Waals surface area contributed by atoms with Crippen LogP contribution in [0.4, 0.5) is 8.78 Å². The molecule has 164 valence electrons. The highest BCUT2D eigenvalue weighted by atomic mass is 79.9. The highest BCUT2D eigenvalue weighted by Crippen LogP contribution is 2.34. The van der Waals surface area contributed by atoms with Gasteiger partial charge >= 0.3 is 6.61 Å². The number of carbonyl (C=O) groups excluding carboxylic acids is 1. The zero-order chi connectivity index (χ0) is 22.1. The maximum atomic E-state index is 12.6. The van der Waals surface area contributed by atoms with Crippen LogP contribution in [-0.2, 0) is 17.8 Å². The van der Waals surface area contributed by atoms with Crippen molar-refractivity contribution in [1.29, 1.82) is 0 Å². The van der Waals surface area contributed by atoms with Crippen LogP contribution in [0.2, 0.25) is 0 Å². The van der Waals surface area contributed by atoms with E-state index in [2.05, 4.69) is 26.0 Å². The zero-order valence-electron chi connectivity index (χ0n) is 17.0. The Bertz CT molecular complexity index is 864. The van der Waals surface area contributed by atoms with Gasteiger partial charge in [-0.15, -0.1) is 0 Å². The zero-order valence-corrected chi connectivity index (χ0v) is 18.6. The number of alkyl halides is 2. The van der Waals surface area contributed by atoms with E-state index in [1.54, 1.807) is 18.2 Å². The number of benzene rings is 2. The van der Waals surface area contributed by atoms with E-state index in [9.17, 15) is 13.6 Å². The summed E-state index contributed by atoms with van der Waals surface area (Å²) in [7, 11) is 1.36. The second kappa shape index (κ2) is 11.6. The fourth-order valence-corrected chi connectivity index (χ4v) is 3.17. The van der Waals surface area contributed by atoms with Crippen molar-refractivity contribution in [3.63, 3.8) is 0 Å². The van der Waals surface area contributed by atoms with E-state index in [4.69, 9.17) is 14.2 Å². The molecule has 2 aromatic carbocycles. The van der Waals surface area contributed by atoms with Gasteiger partial charge in [-0.25, -0.2) is 0 Å². The molecule has 0 saturated carbocycles. The van der Waals surface area contributed by atoms with Crippen LogP contribution in [0.15, 0.2) is 34.8 Å². The summed E-state index contributed by atoms with van der Waals surface area (Å²) in [6.45, 7) is 1.88. The number of nitrogens with one attached hydrogen (secondary N) is 1. The predicted octanol–water partition coefficient (Wildman–Crippen LogP) is 4.72. The Morgan fingerprint density at radius 2 is 1.70 bits per heavy atom. The van der Waals surface area contributed by atoms with Crippen molar-refractivity contribution < 1.29 is 32.5 Å². The van der Waals surface area contributed by atoms with Gasteiger partial charge in [-0.05, 0) is 49.2 Å². The number of hydrogen-bond donors (Lipinski definition) is 1. The van der Waals surface area contributed by atoms with Gasteiger partial charge in [0.15, 0.2) is 23.0 Å². The number of amides is 1. The Morgan fingerprint density at radius 1 is 1.03 bits per heavy atom. The van der Waals surface area contributed by atoms with Gasteiger partial charge in [0, 0.05) is 11.0 Å². The molecule has 0 aliphatic rings. The van der Waals surface area contributed by atoms with E-state index in [0.29, 0.717) is 30.3 Å². The van der Waals surface area contributed by atoms with Crippen LogP contribution in [0.5, 0.6) is 23.0 Å². The third-order valence-electron chi connectivity index (χ3n) is 4.00. The van der Waals surface area contributed by atoms with Crippen molar-refractivity contribution in [3.8, 4) is 23.0 Å². The molecular weight excluding hydrogens is 464 g/mol. The van der Waals surface area contributed by atoms with Crippen LogP contribution in [-0.4, -0.2) is 32.8 Å². The minimum Gasteiger partial charge on any atom is -0.493 e. The number of rotatable bonds is 11. The van der Waals surface area contributed by atoms with E-state index < -0.39 is 6.61 Å². The fourth-order valence-electron chi connectivity index (χ4n) is 2.70. The van der Waals surface area contributed by atoms with E-state index in [1.165, 1.54) is 19.2 Å². The van der Waals surface area contributed by atoms with Crippen LogP contribution in [0.1, 0.15) is 25.0 Å². The second-order valence-corrected chi connectivity index (χ2v) is 6.93. The summed E-state index contributed by atoms with van der Waals surface area (Å²) >= 11 is 3.46. The van der Waals surface area contributed by atoms with Gasteiger partial charge in [-0.1, -0.05) is 22.0 Å². The first-order chi connectivity index (χ1) is 14.4. The maximum Gasteiger partial charge on any atom is 0.387 e. The van der Waals surface area contributed by atoms with Crippen molar-refractivity contribution in [2.75, 3.05) is 20.3 Å². The van der Waals surface area contributed by atoms with Crippen molar-refractivity contribution in [1.82, 2.24) is 5.32 Å². The standard InChI is InChI=1S/C21H24BrF2NO5/c1-4-28-17-9-14(15(22)11-18(17)29-5-2)10-20(26)25-12-13-6-7-16(27-3)19(8-13)30-21(23)24/h6-9,11,21H,4-5,10,12H2,1-3H3,(H,25,26). The fraction of sp³-hybridized carbons (Fsp3) is 0.381. The van der Waals surface area contributed by atoms with Gasteiger partial charge in [0.05, 0.1) is 26.7 Å². The number of methoxy groups -OCH3 is 1. The Labute approximate surface area is 182 Å². The lowest BCUT2D eigenvalue weighted by molar-refractivity contribution is -0.120. The SMILES string of the molecule is CCOc1cc(Br)c(CC(=O)NCc2ccc(OC)c(OC(F)F)c2)cc1OCC. The molecule has 0 spiro atoms. The maximum absolute atomic E-state index is 12.6. The highest BCUT2D eigenvalue weighted by molar-refractivity contribution is 9.10. The van der Waals surface area contributed by atoms with Crippen LogP contribution in [0.3, 0.4) is 0 Å². The minimum atomic E-state index is -2.97. The summed E-state index contributed by atoms with van der Waals surface area (Å²) in [6.07, 6.45) is 0.101. The molecule has 2 rings (SSSR count). The molecule has 30 heavy (non-hydrogen) atoms. The average Bonchev–Trinajstić information content (AvgIpc) is 2.70. The van der Waals surface area contributed by atoms with Gasteiger partial charge < -0.3 is 24.3 Å². The topological polar surface area (TPSA) is 66.0 Å². The Morgan fingerprint density at radius 3 is 2.30 bits per heavy atom. The molecule has 0 bridgehead atoms. The second-order valence-electron chi connectivity index (χ2n) is 6.07. The molecule has 6 nitrogen and oxygen atoms in total. The number of hydrogen-bond acceptors (Lipinski definition) is 5. The van der Waals surface area contributed by atoms with Gasteiger partial charge in [-0.2, -0.15) is 8.78 Å². The summed E-state index contributed by atoms with van der Waals surface area (Å²) in [4.78, 5) is 12.4. The Kier molecular flexibility index (Phi) is 9.16. The van der Waals surface area contributed by atoms with Crippen molar-refractivity contribution in [3.05, 3.63) is 45.9 Å². The van der Waals surface area contributed by atoms with Crippen molar-refractivity contribution in [2.45, 2.75) is 33.4 Å². The molecule has 0 aliphatic heterocycles. The molecule has 1 amide bonds. The van der Waals surface area contributed by atoms with Crippen LogP contribution >= 0.6 is 15.9 Å². The van der Waals surface area contributed by atoms with E-state index in [1.807, 2.05) is 13.8 Å². The van der Waals surface area contributed by atoms with E-state index >= 15 is 0 Å². The molecule has 1 N–H and O–H groups in total. The smallest absolute Gasteiger partial charge is 0.387 e. The molecule has 0 atom stereocenters. The van der Waals surface area contributed by atoms with Crippen molar-refractivity contribution in [2.24, 2.45) is 0 Å². The number of halogens is 3. The predicted molar refractivity (Wildman–Crippen MR) is 112 cm³/mol. The van der Waals surface area contributed by atoms with Gasteiger partial charge in [0.2, 0.25) is 5.91 Å². The Hall–Kier alpha value is -2.55. The van der Waals surface area contributed by atoms with Gasteiger partial charge in [0.1, 0.15) is 0 Å². The molecule has 0 aromatic heterocycles. The molecule has 0 aliphatic carbocycles. The molecule has 9 heteroatoms. The first kappa shape index (κ1) is 23.7. The largest absolute Gasteiger partial charge is 0.493 e. The van der Waals surface area contributed by atoms with Gasteiger partial charge in [0.25, 0.3) is 0 Å². The summed E-state index contributed by atoms with van der Waals surface area (Å²) in [6, 6.07) is 8.12. The normalized spacial score (nSPS) is 10.6. The van der Waals surface area contributed by atoms with E-state index in [-0.39, 0.29) is 30.4 Å². The molecule has 0 saturated heterocycles. The molecule has 0 unspecified atom stereocenters. The number of ether oxygens (including phenoxy) is 4. The first-order valence-corrected chi connectivity index (χ1v) is 10.1. The van der Waals surface area contributed by atoms with Crippen LogP contribution in [0, 0.1) is 0 Å². The lowest BCUT2D eigenvalue weighted by atomic mass is 10.1. The van der Waals surface area contributed by atoms with E-state index in [0.717, 1.165) is 10.0 Å². The third-order valence-corrected chi connectivity index (χ3v) is 4.74. The molecule has 0 heterocycles. The quantitative estimate of drug-likeness (QED) is 0.496. The number of carbonyl (C=O) groups is 1. The molecule has 0 fully saturated rings. The lowest BCUT2D eigenvalue weighted by Gasteiger charge is -2.15.